The van der Waals surface area contributed by atoms with Gasteiger partial charge < -0.3 is 10.5 Å². The van der Waals surface area contributed by atoms with E-state index in [9.17, 15) is 30.7 Å². The molecule has 18 heavy (non-hydrogen) atoms. The summed E-state index contributed by atoms with van der Waals surface area (Å²) in [6.45, 7) is 0. The summed E-state index contributed by atoms with van der Waals surface area (Å²) in [7, 11) is 0. The van der Waals surface area contributed by atoms with Crippen LogP contribution in [0.15, 0.2) is 24.3 Å². The quantitative estimate of drug-likeness (QED) is 0.678. The van der Waals surface area contributed by atoms with E-state index in [1.54, 1.807) is 0 Å². The molecular weight excluding hydrogens is 271 g/mol. The fraction of sp³-hybridized carbons (Fsp3) is 0.333. The van der Waals surface area contributed by atoms with Crippen molar-refractivity contribution in [3.63, 3.8) is 0 Å². The first-order valence-electron chi connectivity index (χ1n) is 4.35. The first-order chi connectivity index (χ1) is 7.99. The zero-order valence-electron chi connectivity index (χ0n) is 8.44. The first-order valence-corrected chi connectivity index (χ1v) is 4.35. The molecule has 9 heteroatoms. The summed E-state index contributed by atoms with van der Waals surface area (Å²) in [6, 6.07) is 4.11. The number of hydrogen-bond donors (Lipinski definition) is 1. The third kappa shape index (κ3) is 2.44. The van der Waals surface area contributed by atoms with Crippen LogP contribution in [0.4, 0.5) is 36.4 Å². The molecule has 0 bridgehead atoms. The molecule has 0 aromatic heterocycles. The lowest BCUT2D eigenvalue weighted by atomic mass is 10.2. The first kappa shape index (κ1) is 14.4. The lowest BCUT2D eigenvalue weighted by Crippen LogP contribution is -2.55. The van der Waals surface area contributed by atoms with Crippen LogP contribution in [0.2, 0.25) is 0 Å². The second kappa shape index (κ2) is 4.21. The monoisotopic (exact) mass is 277 g/mol. The predicted octanol–water partition coefficient (Wildman–Crippen LogP) is 3.44. The van der Waals surface area contributed by atoms with E-state index >= 15 is 0 Å². The summed E-state index contributed by atoms with van der Waals surface area (Å²) in [5.74, 6) is -7.30. The van der Waals surface area contributed by atoms with Crippen LogP contribution < -0.4 is 10.5 Å². The maximum Gasteiger partial charge on any atom is 0.474 e. The van der Waals surface area contributed by atoms with Gasteiger partial charge in [-0.25, -0.2) is 0 Å². The summed E-state index contributed by atoms with van der Waals surface area (Å²) in [5.41, 5.74) is 4.60. The number of alkyl halides is 7. The van der Waals surface area contributed by atoms with Gasteiger partial charge in [-0.15, -0.1) is 0 Å². The van der Waals surface area contributed by atoms with Crippen LogP contribution in [-0.2, 0) is 0 Å². The van der Waals surface area contributed by atoms with E-state index in [-0.39, 0.29) is 0 Å². The Morgan fingerprint density at radius 1 is 0.889 bits per heavy atom. The highest BCUT2D eigenvalue weighted by atomic mass is 19.4. The molecule has 0 amide bonds. The molecule has 1 aromatic carbocycles. The van der Waals surface area contributed by atoms with Crippen molar-refractivity contribution in [1.82, 2.24) is 0 Å². The van der Waals surface area contributed by atoms with Gasteiger partial charge >= 0.3 is 18.2 Å². The van der Waals surface area contributed by atoms with E-state index in [0.29, 0.717) is 0 Å². The van der Waals surface area contributed by atoms with Gasteiger partial charge in [0.05, 0.1) is 5.69 Å². The van der Waals surface area contributed by atoms with E-state index in [1.165, 1.54) is 6.07 Å². The number of rotatable bonds is 3. The third-order valence-corrected chi connectivity index (χ3v) is 1.88. The number of anilines is 1. The molecule has 0 unspecified atom stereocenters. The standard InChI is InChI=1S/C9H6F7NO/c10-7(11,8(12,13)14)9(15,16)18-6-4-2-1-3-5(6)17/h1-4H,17H2. The van der Waals surface area contributed by atoms with E-state index in [2.05, 4.69) is 4.74 Å². The molecule has 0 aliphatic carbocycles. The van der Waals surface area contributed by atoms with E-state index in [0.717, 1.165) is 18.2 Å². The van der Waals surface area contributed by atoms with Crippen molar-refractivity contribution < 1.29 is 35.5 Å². The van der Waals surface area contributed by atoms with Crippen LogP contribution in [-0.4, -0.2) is 18.2 Å². The van der Waals surface area contributed by atoms with Crippen LogP contribution in [0.3, 0.4) is 0 Å². The fourth-order valence-electron chi connectivity index (χ4n) is 0.941. The second-order valence-electron chi connectivity index (χ2n) is 3.23. The Labute approximate surface area is 96.1 Å². The van der Waals surface area contributed by atoms with Gasteiger partial charge in [-0.3, -0.25) is 0 Å². The Kier molecular flexibility index (Phi) is 3.37. The van der Waals surface area contributed by atoms with Crippen LogP contribution in [0.1, 0.15) is 0 Å². The molecule has 0 saturated heterocycles. The van der Waals surface area contributed by atoms with E-state index in [4.69, 9.17) is 5.73 Å². The Morgan fingerprint density at radius 2 is 1.39 bits per heavy atom. The van der Waals surface area contributed by atoms with Gasteiger partial charge in [0.15, 0.2) is 0 Å². The Bertz CT molecular complexity index is 429. The molecule has 102 valence electrons. The van der Waals surface area contributed by atoms with Gasteiger partial charge in [-0.05, 0) is 12.1 Å². The molecule has 0 aliphatic heterocycles. The highest BCUT2D eigenvalue weighted by molar-refractivity contribution is 5.52. The lowest BCUT2D eigenvalue weighted by molar-refractivity contribution is -0.402. The maximum atomic E-state index is 12.8. The number of nitrogen functional groups attached to an aromatic ring is 1. The average Bonchev–Trinajstić information content (AvgIpc) is 2.19. The maximum absolute atomic E-state index is 12.8. The number of hydrogen-bond acceptors (Lipinski definition) is 2. The Morgan fingerprint density at radius 3 is 1.83 bits per heavy atom. The number of halogens is 7. The highest BCUT2D eigenvalue weighted by Gasteiger charge is 2.75. The molecule has 0 radical (unpaired) electrons. The SMILES string of the molecule is Nc1ccccc1OC(F)(F)C(F)(F)C(F)(F)F. The fourth-order valence-corrected chi connectivity index (χ4v) is 0.941. The highest BCUT2D eigenvalue weighted by Crippen LogP contribution is 2.47. The predicted molar refractivity (Wildman–Crippen MR) is 47.4 cm³/mol. The molecule has 2 N–H and O–H groups in total. The van der Waals surface area contributed by atoms with E-state index < -0.39 is 29.6 Å². The molecule has 0 fully saturated rings. The van der Waals surface area contributed by atoms with Crippen LogP contribution >= 0.6 is 0 Å². The largest absolute Gasteiger partial charge is 0.474 e. The molecule has 1 rings (SSSR count). The molecule has 2 nitrogen and oxygen atoms in total. The Balaban J connectivity index is 3.06. The minimum atomic E-state index is -6.44. The zero-order valence-corrected chi connectivity index (χ0v) is 8.44. The summed E-state index contributed by atoms with van der Waals surface area (Å²) in [4.78, 5) is 0. The van der Waals surface area contributed by atoms with E-state index in [1.807, 2.05) is 0 Å². The van der Waals surface area contributed by atoms with Crippen molar-refractivity contribution in [1.29, 1.82) is 0 Å². The minimum absolute atomic E-state index is 0.491. The average molecular weight is 277 g/mol. The number of benzene rings is 1. The molecule has 0 spiro atoms. The normalized spacial score (nSPS) is 13.5. The van der Waals surface area contributed by atoms with Crippen molar-refractivity contribution in [2.45, 2.75) is 18.2 Å². The molecule has 0 saturated carbocycles. The van der Waals surface area contributed by atoms with Gasteiger partial charge in [0.2, 0.25) is 0 Å². The van der Waals surface area contributed by atoms with Crippen molar-refractivity contribution >= 4 is 5.69 Å². The number of para-hydroxylation sites is 2. The van der Waals surface area contributed by atoms with Crippen molar-refractivity contribution in [3.8, 4) is 5.75 Å². The lowest BCUT2D eigenvalue weighted by Gasteiger charge is -2.28. The topological polar surface area (TPSA) is 35.2 Å². The van der Waals surface area contributed by atoms with Crippen molar-refractivity contribution in [2.75, 3.05) is 5.73 Å². The summed E-state index contributed by atoms with van der Waals surface area (Å²) in [6.07, 6.45) is -12.2. The second-order valence-corrected chi connectivity index (χ2v) is 3.23. The Hall–Kier alpha value is -1.67. The van der Waals surface area contributed by atoms with Crippen molar-refractivity contribution in [2.24, 2.45) is 0 Å². The number of nitrogens with two attached hydrogens (primary N) is 1. The summed E-state index contributed by atoms with van der Waals surface area (Å²) in [5, 5.41) is 0. The zero-order chi connectivity index (χ0) is 14.2. The van der Waals surface area contributed by atoms with Gasteiger partial charge in [0.1, 0.15) is 5.75 Å². The molecule has 0 atom stereocenters. The third-order valence-electron chi connectivity index (χ3n) is 1.88. The van der Waals surface area contributed by atoms with Gasteiger partial charge in [-0.1, -0.05) is 12.1 Å². The van der Waals surface area contributed by atoms with Gasteiger partial charge in [0.25, 0.3) is 0 Å². The van der Waals surface area contributed by atoms with Crippen LogP contribution in [0, 0.1) is 0 Å². The smallest absolute Gasteiger partial charge is 0.426 e. The minimum Gasteiger partial charge on any atom is -0.426 e. The summed E-state index contributed by atoms with van der Waals surface area (Å²) >= 11 is 0. The summed E-state index contributed by atoms with van der Waals surface area (Å²) < 4.78 is 89.4. The van der Waals surface area contributed by atoms with Gasteiger partial charge in [0, 0.05) is 0 Å². The van der Waals surface area contributed by atoms with Crippen LogP contribution in [0.5, 0.6) is 5.75 Å². The molecular formula is C9H6F7NO. The number of ether oxygens (including phenoxy) is 1. The molecule has 0 heterocycles. The van der Waals surface area contributed by atoms with Crippen LogP contribution in [0.25, 0.3) is 0 Å². The molecule has 0 aliphatic rings. The van der Waals surface area contributed by atoms with Gasteiger partial charge in [-0.2, -0.15) is 30.7 Å². The van der Waals surface area contributed by atoms with Crippen molar-refractivity contribution in [3.05, 3.63) is 24.3 Å². The molecule has 1 aromatic rings.